The second kappa shape index (κ2) is 26.1. The van der Waals surface area contributed by atoms with Gasteiger partial charge in [-0.25, -0.2) is 28.0 Å². The van der Waals surface area contributed by atoms with E-state index in [9.17, 15) is 82.9 Å². The molecule has 440 valence electrons. The minimum Gasteiger partial charge on any atom is -0.741 e. The van der Waals surface area contributed by atoms with E-state index in [2.05, 4.69) is 40.6 Å². The molecule has 2 aromatic heterocycles. The maximum absolute atomic E-state index is 12.8. The van der Waals surface area contributed by atoms with Crippen molar-refractivity contribution >= 4 is 120 Å². The van der Waals surface area contributed by atoms with Gasteiger partial charge >= 0.3 is 36.8 Å². The third-order valence-electron chi connectivity index (χ3n) is 9.44. The number of carbonyl (C=O) groups excluding carboxylic acids is 5. The van der Waals surface area contributed by atoms with Gasteiger partial charge in [-0.05, 0) is 0 Å². The van der Waals surface area contributed by atoms with Crippen LogP contribution in [0.4, 0.5) is 54.2 Å². The fraction of sp³-hybridized carbons (Fsp3) is 0.486. The molecule has 6 rings (SSSR count). The summed E-state index contributed by atoms with van der Waals surface area (Å²) in [5.41, 5.74) is 3.84. The Morgan fingerprint density at radius 2 is 1.04 bits per heavy atom. The first-order chi connectivity index (χ1) is 36.0. The number of fused-ring (bicyclic) bond motifs is 2. The SMILES string of the molecule is C[N+](C)(C)CC1=C(C(=O)O)N2C(=O)C(NC(=O)C(=NOC(F)F)c3csc(N)n3)C2CS1.C[N+](C)(C)CC1=C(C(=O)O)N2C(=O)C(NC(=O)C(=NOC(F)F)c3csc(N)n3)C2CS1.O=C([O-])C(F)(F)F.O=S(=O)([O-])C(F)(F)F. The summed E-state index contributed by atoms with van der Waals surface area (Å²) in [5.74, 6) is -7.97. The monoisotopic (exact) mass is 1240 g/mol. The van der Waals surface area contributed by atoms with Gasteiger partial charge in [-0.3, -0.25) is 29.0 Å². The zero-order valence-electron chi connectivity index (χ0n) is 40.7. The Morgan fingerprint density at radius 1 is 0.734 bits per heavy atom. The van der Waals surface area contributed by atoms with E-state index in [4.69, 9.17) is 34.3 Å². The van der Waals surface area contributed by atoms with Gasteiger partial charge in [0.05, 0.1) is 64.2 Å². The van der Waals surface area contributed by atoms with Gasteiger partial charge in [-0.15, -0.1) is 46.2 Å². The number of likely N-dealkylation sites (N-methyl/N-ethyl adjacent to an activating group) is 2. The number of aromatic nitrogens is 2. The highest BCUT2D eigenvalue weighted by Crippen LogP contribution is 2.41. The molecule has 2 fully saturated rings. The molecule has 8 N–H and O–H groups in total. The predicted octanol–water partition coefficient (Wildman–Crippen LogP) is -0.423. The van der Waals surface area contributed by atoms with Crippen molar-refractivity contribution in [3.05, 3.63) is 43.4 Å². The van der Waals surface area contributed by atoms with Crippen molar-refractivity contribution in [1.82, 2.24) is 30.4 Å². The lowest BCUT2D eigenvalue weighted by Crippen LogP contribution is -2.73. The summed E-state index contributed by atoms with van der Waals surface area (Å²) < 4.78 is 141. The summed E-state index contributed by atoms with van der Waals surface area (Å²) in [5, 5.41) is 42.1. The number of thioether (sulfide) groups is 2. The van der Waals surface area contributed by atoms with Crippen LogP contribution in [0.3, 0.4) is 0 Å². The van der Waals surface area contributed by atoms with Crippen molar-refractivity contribution in [3.63, 3.8) is 0 Å². The van der Waals surface area contributed by atoms with E-state index in [0.29, 0.717) is 43.4 Å². The van der Waals surface area contributed by atoms with Crippen LogP contribution in [0.1, 0.15) is 11.4 Å². The van der Waals surface area contributed by atoms with Crippen molar-refractivity contribution in [2.45, 2.75) is 49.1 Å². The second-order valence-corrected chi connectivity index (χ2v) is 22.9. The molecule has 4 amide bonds. The number of carbonyl (C=O) groups is 7. The highest BCUT2D eigenvalue weighted by molar-refractivity contribution is 8.03. The van der Waals surface area contributed by atoms with Gasteiger partial charge < -0.3 is 65.4 Å². The maximum atomic E-state index is 12.8. The van der Waals surface area contributed by atoms with Crippen LogP contribution in [0.2, 0.25) is 0 Å². The minimum absolute atomic E-state index is 0.0770. The van der Waals surface area contributed by atoms with Crippen LogP contribution in [0.5, 0.6) is 0 Å². The lowest BCUT2D eigenvalue weighted by atomic mass is 9.94. The molecular weight excluding hydrogens is 1200 g/mol. The Labute approximate surface area is 453 Å². The van der Waals surface area contributed by atoms with E-state index in [1.54, 1.807) is 0 Å². The van der Waals surface area contributed by atoms with Crippen molar-refractivity contribution in [2.24, 2.45) is 10.3 Å². The lowest BCUT2D eigenvalue weighted by molar-refractivity contribution is -0.864. The minimum atomic E-state index is -6.09. The van der Waals surface area contributed by atoms with Gasteiger partial charge in [-0.1, -0.05) is 10.3 Å². The summed E-state index contributed by atoms with van der Waals surface area (Å²) in [4.78, 5) is 102. The van der Waals surface area contributed by atoms with Crippen LogP contribution in [-0.2, 0) is 53.4 Å². The lowest BCUT2D eigenvalue weighted by Gasteiger charge is -2.50. The number of nitrogens with one attached hydrogen (secondary N) is 2. The largest absolute Gasteiger partial charge is 0.741 e. The number of nitrogens with zero attached hydrogens (tertiary/aromatic N) is 8. The first kappa shape index (κ1) is 66.7. The fourth-order valence-electron chi connectivity index (χ4n) is 6.43. The molecule has 4 unspecified atom stereocenters. The molecule has 2 aromatic rings. The first-order valence-corrected chi connectivity index (χ1v) is 25.9. The van der Waals surface area contributed by atoms with E-state index in [1.807, 2.05) is 42.3 Å². The van der Waals surface area contributed by atoms with Gasteiger partial charge in [0.2, 0.25) is 0 Å². The number of carboxylic acids is 3. The molecule has 0 spiro atoms. The van der Waals surface area contributed by atoms with Crippen LogP contribution in [-0.4, -0.2) is 221 Å². The Kier molecular flexibility index (Phi) is 22.0. The van der Waals surface area contributed by atoms with Crippen LogP contribution >= 0.6 is 46.2 Å². The van der Waals surface area contributed by atoms with Gasteiger partial charge in [0.1, 0.15) is 53.9 Å². The van der Waals surface area contributed by atoms with E-state index in [-0.39, 0.29) is 33.0 Å². The summed E-state index contributed by atoms with van der Waals surface area (Å²) >= 11 is 4.53. The molecule has 0 bridgehead atoms. The Bertz CT molecular complexity index is 2750. The Hall–Kier alpha value is -6.60. The number of amides is 4. The summed E-state index contributed by atoms with van der Waals surface area (Å²) in [6.07, 6.45) is -5.19. The number of nitrogen functional groups attached to an aromatic ring is 2. The number of hydrogen-bond donors (Lipinski definition) is 6. The van der Waals surface area contributed by atoms with E-state index in [1.165, 1.54) is 34.3 Å². The van der Waals surface area contributed by atoms with E-state index >= 15 is 0 Å². The van der Waals surface area contributed by atoms with Gasteiger partial charge in [-0.2, -0.15) is 43.9 Å². The number of alkyl halides is 10. The van der Waals surface area contributed by atoms with Crippen LogP contribution in [0.15, 0.2) is 42.3 Å². The standard InChI is InChI=1S/2C17H20F2N6O5S2.C2HF3O2.CHF3O3S/c2*1-25(2,3)4-9-12(15(28)29)24-8(6-31-9)11(14(24)27)22-13(26)10(23-30-16(18)19)7-5-32-17(20)21-7;3-2(4,5)1(6)7;2-1(3,4)8(5,6)7/h2*5,8,11,16H,4,6H2,1-3H3,(H3-,20,21,22,26,28,29);(H,6,7);(H,5,6,7). The zero-order chi connectivity index (χ0) is 60.7. The number of aliphatic carboxylic acids is 3. The van der Waals surface area contributed by atoms with Gasteiger partial charge in [0.25, 0.3) is 23.6 Å². The number of anilines is 2. The zero-order valence-corrected chi connectivity index (χ0v) is 44.8. The molecule has 4 atom stereocenters. The fourth-order valence-corrected chi connectivity index (χ4v) is 10.6. The number of quaternary nitrogens is 2. The Balaban J connectivity index is 0.000000330. The van der Waals surface area contributed by atoms with Crippen molar-refractivity contribution in [3.8, 4) is 0 Å². The number of rotatable bonds is 16. The molecule has 0 aliphatic carbocycles. The van der Waals surface area contributed by atoms with E-state index < -0.39 is 112 Å². The third kappa shape index (κ3) is 18.5. The predicted molar refractivity (Wildman–Crippen MR) is 252 cm³/mol. The number of oxime groups is 2. The number of thiazole rings is 2. The summed E-state index contributed by atoms with van der Waals surface area (Å²) in [6.45, 7) is -5.72. The second-order valence-electron chi connectivity index (χ2n) is 17.6. The van der Waals surface area contributed by atoms with Crippen LogP contribution in [0.25, 0.3) is 0 Å². The molecular formula is C37H42F10N12O15S5. The number of hydrogen-bond acceptors (Lipinski definition) is 23. The van der Waals surface area contributed by atoms with Crippen molar-refractivity contribution < 1.29 is 124 Å². The maximum Gasteiger partial charge on any atom is 0.485 e. The average molecular weight is 1250 g/mol. The van der Waals surface area contributed by atoms with Crippen LogP contribution in [0, 0.1) is 0 Å². The molecule has 6 heterocycles. The number of nitrogens with two attached hydrogens (primary N) is 2. The molecule has 0 saturated carbocycles. The molecule has 79 heavy (non-hydrogen) atoms. The molecule has 0 radical (unpaired) electrons. The molecule has 4 aliphatic heterocycles. The molecule has 2 saturated heterocycles. The Morgan fingerprint density at radius 3 is 1.25 bits per heavy atom. The molecule has 4 aliphatic rings. The first-order valence-electron chi connectivity index (χ1n) is 20.8. The topological polar surface area (TPSA) is 392 Å². The summed E-state index contributed by atoms with van der Waals surface area (Å²) in [7, 11) is 5.29. The number of β-lactam (4-membered cyclic amide) rings is 2. The van der Waals surface area contributed by atoms with Crippen molar-refractivity contribution in [2.75, 3.05) is 78.3 Å². The normalized spacial score (nSPS) is 19.7. The quantitative estimate of drug-likeness (QED) is 0.0236. The molecule has 0 aromatic carbocycles. The highest BCUT2D eigenvalue weighted by Gasteiger charge is 2.56. The highest BCUT2D eigenvalue weighted by atomic mass is 32.2. The van der Waals surface area contributed by atoms with Gasteiger partial charge in [0, 0.05) is 22.3 Å². The third-order valence-corrected chi connectivity index (χ3v) is 13.7. The summed E-state index contributed by atoms with van der Waals surface area (Å²) in [6, 6.07) is -3.33. The number of carboxylic acid groups (broad SMARTS) is 3. The average Bonchev–Trinajstić information content (AvgIpc) is 3.92. The molecule has 42 heteroatoms. The molecule has 27 nitrogen and oxygen atoms in total. The van der Waals surface area contributed by atoms with E-state index in [0.717, 1.165) is 32.5 Å². The number of halogens is 10. The smallest absolute Gasteiger partial charge is 0.485 e. The van der Waals surface area contributed by atoms with Crippen LogP contribution < -0.4 is 27.2 Å². The van der Waals surface area contributed by atoms with Crippen molar-refractivity contribution in [1.29, 1.82) is 0 Å². The van der Waals surface area contributed by atoms with Gasteiger partial charge in [0.15, 0.2) is 31.8 Å².